The Morgan fingerprint density at radius 3 is 2.56 bits per heavy atom. The normalized spacial score (nSPS) is 20.1. The van der Waals surface area contributed by atoms with Gasteiger partial charge in [-0.05, 0) is 50.2 Å². The van der Waals surface area contributed by atoms with Gasteiger partial charge in [-0.25, -0.2) is 0 Å². The maximum Gasteiger partial charge on any atom is 0.254 e. The van der Waals surface area contributed by atoms with Crippen LogP contribution in [0.3, 0.4) is 0 Å². The Morgan fingerprint density at radius 1 is 1.12 bits per heavy atom. The van der Waals surface area contributed by atoms with Crippen LogP contribution < -0.4 is 5.56 Å². The maximum absolute atomic E-state index is 13.1. The van der Waals surface area contributed by atoms with Crippen molar-refractivity contribution in [2.24, 2.45) is 5.41 Å². The lowest BCUT2D eigenvalue weighted by atomic mass is 9.72. The minimum atomic E-state index is -0.224. The summed E-state index contributed by atoms with van der Waals surface area (Å²) in [5.41, 5.74) is 2.44. The molecule has 3 heterocycles. The van der Waals surface area contributed by atoms with Crippen LogP contribution in [0.5, 0.6) is 0 Å². The molecule has 25 heavy (non-hydrogen) atoms. The second kappa shape index (κ2) is 6.30. The third-order valence-electron chi connectivity index (χ3n) is 5.89. The fourth-order valence-electron chi connectivity index (χ4n) is 4.20. The Morgan fingerprint density at radius 2 is 1.84 bits per heavy atom. The molecule has 0 aliphatic carbocycles. The lowest BCUT2D eigenvalue weighted by molar-refractivity contribution is -0.0175. The van der Waals surface area contributed by atoms with Gasteiger partial charge in [0.2, 0.25) is 5.56 Å². The molecule has 2 aliphatic rings. The van der Waals surface area contributed by atoms with Crippen molar-refractivity contribution in [2.45, 2.75) is 32.6 Å². The SMILES string of the molecule is Cc1ccc2[nH]c(=O)cc(C(=O)N3CCC4(CCOCC4)CC3)c2c1. The van der Waals surface area contributed by atoms with Crippen molar-refractivity contribution in [1.29, 1.82) is 0 Å². The number of hydrogen-bond donors (Lipinski definition) is 1. The Kier molecular flexibility index (Phi) is 4.12. The molecule has 2 aliphatic heterocycles. The number of nitrogens with zero attached hydrogens (tertiary/aromatic N) is 1. The number of carbonyl (C=O) groups is 1. The van der Waals surface area contributed by atoms with E-state index in [1.165, 1.54) is 6.07 Å². The molecule has 1 spiro atoms. The van der Waals surface area contributed by atoms with Crippen LogP contribution in [0.1, 0.15) is 41.6 Å². The summed E-state index contributed by atoms with van der Waals surface area (Å²) in [6.07, 6.45) is 4.26. The van der Waals surface area contributed by atoms with Gasteiger partial charge in [0.15, 0.2) is 0 Å². The number of hydrogen-bond acceptors (Lipinski definition) is 3. The number of H-pyrrole nitrogens is 1. The average molecular weight is 340 g/mol. The molecule has 2 fully saturated rings. The lowest BCUT2D eigenvalue weighted by Gasteiger charge is -2.44. The van der Waals surface area contributed by atoms with E-state index in [0.717, 1.165) is 68.5 Å². The summed E-state index contributed by atoms with van der Waals surface area (Å²) in [5.74, 6) is -0.0244. The summed E-state index contributed by atoms with van der Waals surface area (Å²) in [6, 6.07) is 7.24. The first-order valence-electron chi connectivity index (χ1n) is 9.07. The number of ether oxygens (including phenoxy) is 1. The molecule has 1 aromatic carbocycles. The molecule has 2 aromatic rings. The monoisotopic (exact) mass is 340 g/mol. The van der Waals surface area contributed by atoms with E-state index in [1.807, 2.05) is 30.0 Å². The minimum Gasteiger partial charge on any atom is -0.381 e. The molecule has 1 aromatic heterocycles. The van der Waals surface area contributed by atoms with Gasteiger partial charge in [-0.2, -0.15) is 0 Å². The van der Waals surface area contributed by atoms with Crippen molar-refractivity contribution in [3.63, 3.8) is 0 Å². The van der Waals surface area contributed by atoms with Crippen molar-refractivity contribution in [1.82, 2.24) is 9.88 Å². The zero-order valence-electron chi connectivity index (χ0n) is 14.6. The average Bonchev–Trinajstić information content (AvgIpc) is 2.62. The summed E-state index contributed by atoms with van der Waals surface area (Å²) in [4.78, 5) is 29.8. The molecule has 2 saturated heterocycles. The highest BCUT2D eigenvalue weighted by Gasteiger charge is 2.37. The fourth-order valence-corrected chi connectivity index (χ4v) is 4.20. The predicted octanol–water partition coefficient (Wildman–Crippen LogP) is 2.87. The first-order valence-corrected chi connectivity index (χ1v) is 9.07. The van der Waals surface area contributed by atoms with Crippen molar-refractivity contribution in [2.75, 3.05) is 26.3 Å². The molecular formula is C20H24N2O3. The van der Waals surface area contributed by atoms with Gasteiger partial charge in [0.25, 0.3) is 5.91 Å². The van der Waals surface area contributed by atoms with E-state index in [4.69, 9.17) is 4.74 Å². The predicted molar refractivity (Wildman–Crippen MR) is 96.9 cm³/mol. The summed E-state index contributed by atoms with van der Waals surface area (Å²) in [7, 11) is 0. The zero-order chi connectivity index (χ0) is 17.4. The summed E-state index contributed by atoms with van der Waals surface area (Å²) in [5, 5.41) is 0.830. The molecule has 0 atom stereocenters. The van der Waals surface area contributed by atoms with Crippen molar-refractivity contribution >= 4 is 16.8 Å². The van der Waals surface area contributed by atoms with Crippen LogP contribution in [0.2, 0.25) is 0 Å². The van der Waals surface area contributed by atoms with Crippen LogP contribution in [0.25, 0.3) is 10.9 Å². The first kappa shape index (κ1) is 16.3. The number of rotatable bonds is 1. The topological polar surface area (TPSA) is 62.4 Å². The third-order valence-corrected chi connectivity index (χ3v) is 5.89. The number of aromatic amines is 1. The van der Waals surface area contributed by atoms with E-state index in [9.17, 15) is 9.59 Å². The molecule has 1 N–H and O–H groups in total. The van der Waals surface area contributed by atoms with Crippen LogP contribution in [0.15, 0.2) is 29.1 Å². The van der Waals surface area contributed by atoms with E-state index >= 15 is 0 Å². The van der Waals surface area contributed by atoms with Gasteiger partial charge >= 0.3 is 0 Å². The van der Waals surface area contributed by atoms with Gasteiger partial charge in [0.1, 0.15) is 0 Å². The maximum atomic E-state index is 13.1. The van der Waals surface area contributed by atoms with E-state index < -0.39 is 0 Å². The molecule has 5 heteroatoms. The second-order valence-electron chi connectivity index (χ2n) is 7.50. The number of fused-ring (bicyclic) bond motifs is 1. The van der Waals surface area contributed by atoms with Gasteiger partial charge in [-0.1, -0.05) is 11.6 Å². The molecule has 0 saturated carbocycles. The number of benzene rings is 1. The largest absolute Gasteiger partial charge is 0.381 e. The fraction of sp³-hybridized carbons (Fsp3) is 0.500. The molecular weight excluding hydrogens is 316 g/mol. The number of piperidine rings is 1. The summed E-state index contributed by atoms with van der Waals surface area (Å²) >= 11 is 0. The van der Waals surface area contributed by atoms with Crippen molar-refractivity contribution in [3.05, 3.63) is 45.7 Å². The standard InChI is InChI=1S/C20H24N2O3/c1-14-2-3-17-15(12-14)16(13-18(23)21-17)19(24)22-8-4-20(5-9-22)6-10-25-11-7-20/h2-3,12-13H,4-11H2,1H3,(H,21,23). The number of nitrogens with one attached hydrogen (secondary N) is 1. The smallest absolute Gasteiger partial charge is 0.254 e. The third kappa shape index (κ3) is 3.09. The van der Waals surface area contributed by atoms with E-state index in [2.05, 4.69) is 4.98 Å². The lowest BCUT2D eigenvalue weighted by Crippen LogP contribution is -2.45. The van der Waals surface area contributed by atoms with Gasteiger partial charge in [0, 0.05) is 43.3 Å². The van der Waals surface area contributed by atoms with E-state index in [-0.39, 0.29) is 11.5 Å². The number of carbonyl (C=O) groups excluding carboxylic acids is 1. The van der Waals surface area contributed by atoms with E-state index in [0.29, 0.717) is 11.0 Å². The number of aromatic nitrogens is 1. The van der Waals surface area contributed by atoms with Gasteiger partial charge in [0.05, 0.1) is 5.56 Å². The van der Waals surface area contributed by atoms with Crippen LogP contribution >= 0.6 is 0 Å². The molecule has 5 nitrogen and oxygen atoms in total. The second-order valence-corrected chi connectivity index (χ2v) is 7.50. The molecule has 132 valence electrons. The Bertz CT molecular complexity index is 855. The van der Waals surface area contributed by atoms with Crippen LogP contribution in [-0.2, 0) is 4.74 Å². The molecule has 0 radical (unpaired) electrons. The van der Waals surface area contributed by atoms with Gasteiger partial charge < -0.3 is 14.6 Å². The number of aryl methyl sites for hydroxylation is 1. The Labute approximate surface area is 147 Å². The Balaban J connectivity index is 1.60. The molecule has 1 amide bonds. The highest BCUT2D eigenvalue weighted by Crippen LogP contribution is 2.40. The number of amides is 1. The highest BCUT2D eigenvalue weighted by atomic mass is 16.5. The highest BCUT2D eigenvalue weighted by molar-refractivity contribution is 6.06. The number of likely N-dealkylation sites (tertiary alicyclic amines) is 1. The molecule has 4 rings (SSSR count). The van der Waals surface area contributed by atoms with Crippen LogP contribution in [0, 0.1) is 12.3 Å². The Hall–Kier alpha value is -2.14. The molecule has 0 unspecified atom stereocenters. The minimum absolute atomic E-state index is 0.0244. The van der Waals surface area contributed by atoms with Crippen LogP contribution in [0.4, 0.5) is 0 Å². The first-order chi connectivity index (χ1) is 12.1. The summed E-state index contributed by atoms with van der Waals surface area (Å²) in [6.45, 7) is 5.20. The van der Waals surface area contributed by atoms with Crippen LogP contribution in [-0.4, -0.2) is 42.1 Å². The van der Waals surface area contributed by atoms with Crippen molar-refractivity contribution in [3.8, 4) is 0 Å². The quantitative estimate of drug-likeness (QED) is 0.868. The van der Waals surface area contributed by atoms with E-state index in [1.54, 1.807) is 0 Å². The van der Waals surface area contributed by atoms with Crippen molar-refractivity contribution < 1.29 is 9.53 Å². The van der Waals surface area contributed by atoms with Gasteiger partial charge in [-0.3, -0.25) is 9.59 Å². The van der Waals surface area contributed by atoms with Gasteiger partial charge in [-0.15, -0.1) is 0 Å². The molecule has 0 bridgehead atoms. The summed E-state index contributed by atoms with van der Waals surface area (Å²) < 4.78 is 5.49. The number of pyridine rings is 1. The zero-order valence-corrected chi connectivity index (χ0v) is 14.6.